The topological polar surface area (TPSA) is 84.6 Å². The van der Waals surface area contributed by atoms with Crippen LogP contribution in [0, 0.1) is 5.82 Å². The minimum Gasteiger partial charge on any atom is -0.389 e. The lowest BCUT2D eigenvalue weighted by Crippen LogP contribution is -2.42. The van der Waals surface area contributed by atoms with Crippen LogP contribution >= 0.6 is 0 Å². The van der Waals surface area contributed by atoms with Gasteiger partial charge in [-0.05, 0) is 25.3 Å². The van der Waals surface area contributed by atoms with Gasteiger partial charge in [0.2, 0.25) is 5.95 Å². The summed E-state index contributed by atoms with van der Waals surface area (Å²) >= 11 is 0. The molecule has 1 saturated heterocycles. The number of aromatic nitrogens is 4. The molecule has 0 spiro atoms. The van der Waals surface area contributed by atoms with Gasteiger partial charge in [-0.15, -0.1) is 5.10 Å². The quantitative estimate of drug-likeness (QED) is 0.715. The van der Waals surface area contributed by atoms with Gasteiger partial charge in [0.15, 0.2) is 5.82 Å². The zero-order chi connectivity index (χ0) is 19.3. The molecular formula is C19H19F2N5O2. The summed E-state index contributed by atoms with van der Waals surface area (Å²) in [5.74, 6) is -0.199. The second-order valence-electron chi connectivity index (χ2n) is 7.34. The highest BCUT2D eigenvalue weighted by atomic mass is 19.1. The Kier molecular flexibility index (Phi) is 4.02. The van der Waals surface area contributed by atoms with Crippen molar-refractivity contribution in [2.45, 2.75) is 37.1 Å². The monoisotopic (exact) mass is 387 g/mol. The predicted molar refractivity (Wildman–Crippen MR) is 97.0 cm³/mol. The van der Waals surface area contributed by atoms with Crippen LogP contribution in [0.25, 0.3) is 16.9 Å². The molecule has 2 aliphatic rings. The summed E-state index contributed by atoms with van der Waals surface area (Å²) in [5.41, 5.74) is 0.427. The van der Waals surface area contributed by atoms with Gasteiger partial charge in [0, 0.05) is 24.4 Å². The third-order valence-electron chi connectivity index (χ3n) is 5.34. The van der Waals surface area contributed by atoms with Crippen LogP contribution in [-0.4, -0.2) is 50.0 Å². The Balaban J connectivity index is 1.48. The summed E-state index contributed by atoms with van der Waals surface area (Å²) in [6.07, 6.45) is 3.85. The van der Waals surface area contributed by atoms with Crippen LogP contribution < -0.4 is 5.32 Å². The van der Waals surface area contributed by atoms with Gasteiger partial charge in [-0.3, -0.25) is 4.98 Å². The highest BCUT2D eigenvalue weighted by Crippen LogP contribution is 2.49. The lowest BCUT2D eigenvalue weighted by molar-refractivity contribution is -0.0136. The molecule has 2 fully saturated rings. The van der Waals surface area contributed by atoms with Crippen molar-refractivity contribution >= 4 is 11.5 Å². The van der Waals surface area contributed by atoms with E-state index in [1.54, 1.807) is 12.1 Å². The Morgan fingerprint density at radius 3 is 2.82 bits per heavy atom. The van der Waals surface area contributed by atoms with Gasteiger partial charge in [0.05, 0.1) is 36.3 Å². The molecule has 28 heavy (non-hydrogen) atoms. The van der Waals surface area contributed by atoms with Crippen molar-refractivity contribution in [3.63, 3.8) is 0 Å². The molecule has 9 heteroatoms. The second-order valence-corrected chi connectivity index (χ2v) is 7.34. The molecule has 7 nitrogen and oxygen atoms in total. The van der Waals surface area contributed by atoms with E-state index in [0.717, 1.165) is 0 Å². The molecule has 0 bridgehead atoms. The maximum atomic E-state index is 14.4. The molecule has 3 aromatic rings. The number of fused-ring (bicyclic) bond motifs is 1. The van der Waals surface area contributed by atoms with E-state index >= 15 is 0 Å². The van der Waals surface area contributed by atoms with Crippen LogP contribution in [0.3, 0.4) is 0 Å². The van der Waals surface area contributed by atoms with Crippen molar-refractivity contribution in [1.82, 2.24) is 19.6 Å². The normalized spacial score (nSPS) is 23.7. The first-order valence-electron chi connectivity index (χ1n) is 9.26. The Morgan fingerprint density at radius 1 is 1.25 bits per heavy atom. The molecule has 0 radical (unpaired) electrons. The molecular weight excluding hydrogens is 368 g/mol. The number of ether oxygens (including phenoxy) is 1. The molecule has 1 saturated carbocycles. The number of halogens is 2. The molecule has 2 atom stereocenters. The number of anilines is 1. The standard InChI is InChI=1S/C19H19F2N5O2/c20-12-7-15(13-2-1-11(8-22-13)19(21)4-5-19)26-16(12)9-23-18(25-26)24-14-3-6-28-10-17(14)27/h1-2,7-9,14,17,27H,3-6,10H2,(H,24,25)/t14-,17-/m1/s1. The molecule has 3 aromatic heterocycles. The first kappa shape index (κ1) is 17.4. The smallest absolute Gasteiger partial charge is 0.241 e. The average molecular weight is 387 g/mol. The van der Waals surface area contributed by atoms with Crippen molar-refractivity contribution in [2.24, 2.45) is 0 Å². The third kappa shape index (κ3) is 3.00. The van der Waals surface area contributed by atoms with Crippen LogP contribution in [-0.2, 0) is 10.4 Å². The van der Waals surface area contributed by atoms with Crippen molar-refractivity contribution in [3.05, 3.63) is 42.0 Å². The fourth-order valence-electron chi connectivity index (χ4n) is 3.47. The lowest BCUT2D eigenvalue weighted by atomic mass is 10.1. The zero-order valence-corrected chi connectivity index (χ0v) is 15.0. The number of rotatable bonds is 4. The van der Waals surface area contributed by atoms with Gasteiger partial charge in [-0.1, -0.05) is 6.07 Å². The van der Waals surface area contributed by atoms with Gasteiger partial charge in [-0.25, -0.2) is 18.3 Å². The minimum absolute atomic E-state index is 0.211. The van der Waals surface area contributed by atoms with Crippen molar-refractivity contribution in [2.75, 3.05) is 18.5 Å². The van der Waals surface area contributed by atoms with E-state index in [1.165, 1.54) is 23.0 Å². The summed E-state index contributed by atoms with van der Waals surface area (Å²) < 4.78 is 35.2. The molecule has 0 unspecified atom stereocenters. The molecule has 1 aliphatic carbocycles. The predicted octanol–water partition coefficient (Wildman–Crippen LogP) is 2.45. The van der Waals surface area contributed by atoms with Crippen molar-refractivity contribution in [3.8, 4) is 11.4 Å². The van der Waals surface area contributed by atoms with Gasteiger partial charge < -0.3 is 15.2 Å². The van der Waals surface area contributed by atoms with E-state index < -0.39 is 17.6 Å². The van der Waals surface area contributed by atoms with Crippen LogP contribution in [0.2, 0.25) is 0 Å². The van der Waals surface area contributed by atoms with Gasteiger partial charge >= 0.3 is 0 Å². The molecule has 0 aromatic carbocycles. The first-order valence-corrected chi connectivity index (χ1v) is 9.26. The van der Waals surface area contributed by atoms with Gasteiger partial charge in [0.1, 0.15) is 11.2 Å². The van der Waals surface area contributed by atoms with E-state index in [4.69, 9.17) is 4.74 Å². The molecule has 1 aliphatic heterocycles. The number of hydrogen-bond acceptors (Lipinski definition) is 6. The van der Waals surface area contributed by atoms with E-state index in [-0.39, 0.29) is 24.1 Å². The third-order valence-corrected chi connectivity index (χ3v) is 5.34. The Labute approximate surface area is 159 Å². The van der Waals surface area contributed by atoms with Crippen molar-refractivity contribution < 1.29 is 18.6 Å². The number of alkyl halides is 1. The second kappa shape index (κ2) is 6.46. The van der Waals surface area contributed by atoms with E-state index in [0.29, 0.717) is 42.8 Å². The van der Waals surface area contributed by atoms with E-state index in [1.807, 2.05) is 0 Å². The minimum atomic E-state index is -1.26. The number of hydrogen-bond donors (Lipinski definition) is 2. The van der Waals surface area contributed by atoms with Crippen LogP contribution in [0.15, 0.2) is 30.6 Å². The molecule has 0 amide bonds. The zero-order valence-electron chi connectivity index (χ0n) is 15.0. The average Bonchev–Trinajstić information content (AvgIpc) is 3.38. The highest BCUT2D eigenvalue weighted by molar-refractivity contribution is 5.64. The summed E-state index contributed by atoms with van der Waals surface area (Å²) in [4.78, 5) is 8.46. The summed E-state index contributed by atoms with van der Waals surface area (Å²) in [7, 11) is 0. The molecule has 5 rings (SSSR count). The van der Waals surface area contributed by atoms with Crippen LogP contribution in [0.1, 0.15) is 24.8 Å². The molecule has 146 valence electrons. The van der Waals surface area contributed by atoms with Crippen LogP contribution in [0.4, 0.5) is 14.7 Å². The molecule has 2 N–H and O–H groups in total. The first-order chi connectivity index (χ1) is 13.5. The maximum absolute atomic E-state index is 14.4. The number of pyridine rings is 1. The largest absolute Gasteiger partial charge is 0.389 e. The summed E-state index contributed by atoms with van der Waals surface area (Å²) in [6.45, 7) is 0.780. The van der Waals surface area contributed by atoms with Gasteiger partial charge in [0.25, 0.3) is 0 Å². The Hall–Kier alpha value is -2.65. The summed E-state index contributed by atoms with van der Waals surface area (Å²) in [5, 5.41) is 17.5. The van der Waals surface area contributed by atoms with E-state index in [2.05, 4.69) is 20.4 Å². The van der Waals surface area contributed by atoms with Crippen LogP contribution in [0.5, 0.6) is 0 Å². The SMILES string of the molecule is O[C@@H]1COCC[C@H]1Nc1ncc2c(F)cc(-c3ccc(C4(F)CC4)cn3)n2n1. The maximum Gasteiger partial charge on any atom is 0.241 e. The fraction of sp³-hybridized carbons (Fsp3) is 0.421. The van der Waals surface area contributed by atoms with E-state index in [9.17, 15) is 13.9 Å². The lowest BCUT2D eigenvalue weighted by Gasteiger charge is -2.28. The Morgan fingerprint density at radius 2 is 2.11 bits per heavy atom. The number of aliphatic hydroxyl groups excluding tert-OH is 1. The fourth-order valence-corrected chi connectivity index (χ4v) is 3.47. The number of aliphatic hydroxyl groups is 1. The van der Waals surface area contributed by atoms with Gasteiger partial charge in [-0.2, -0.15) is 0 Å². The molecule has 4 heterocycles. The Bertz CT molecular complexity index is 1020. The van der Waals surface area contributed by atoms with Crippen molar-refractivity contribution in [1.29, 1.82) is 0 Å². The summed E-state index contributed by atoms with van der Waals surface area (Å²) in [6, 6.07) is 4.45. The number of nitrogens with one attached hydrogen (secondary N) is 1. The highest BCUT2D eigenvalue weighted by Gasteiger charge is 2.45. The number of nitrogens with zero attached hydrogens (tertiary/aromatic N) is 4.